The largest absolute Gasteiger partial charge is 0.504 e. The van der Waals surface area contributed by atoms with Gasteiger partial charge in [-0.3, -0.25) is 4.79 Å². The number of hydrogen-bond donors (Lipinski definition) is 1. The van der Waals surface area contributed by atoms with Crippen molar-refractivity contribution in [1.29, 1.82) is 0 Å². The molecule has 1 aromatic carbocycles. The molecule has 1 aromatic rings. The summed E-state index contributed by atoms with van der Waals surface area (Å²) in [5.74, 6) is 0.784. The molecule has 1 saturated heterocycles. The van der Waals surface area contributed by atoms with Crippen molar-refractivity contribution in [1.82, 2.24) is 4.90 Å². The molecule has 19 heavy (non-hydrogen) atoms. The van der Waals surface area contributed by atoms with Gasteiger partial charge >= 0.3 is 0 Å². The Morgan fingerprint density at radius 1 is 1.47 bits per heavy atom. The number of phenolic OH excluding ortho intramolecular Hbond substituents is 1. The van der Waals surface area contributed by atoms with E-state index in [0.29, 0.717) is 17.2 Å². The number of piperidine rings is 1. The number of likely N-dealkylation sites (tertiary alicyclic amines) is 1. The molecular weight excluding hydrogens is 310 g/mol. The van der Waals surface area contributed by atoms with Crippen molar-refractivity contribution in [2.24, 2.45) is 5.92 Å². The standard InChI is InChI=1S/C14H18BrNO3/c1-19-12-4-2-3-11(13(12)17)14(18)16-7-5-10(9-15)6-8-16/h2-4,10,17H,5-9H2,1H3. The van der Waals surface area contributed by atoms with Gasteiger partial charge in [0.25, 0.3) is 5.91 Å². The number of rotatable bonds is 3. The Labute approximate surface area is 121 Å². The first kappa shape index (κ1) is 14.2. The molecule has 5 heteroatoms. The summed E-state index contributed by atoms with van der Waals surface area (Å²) < 4.78 is 5.03. The number of alkyl halides is 1. The van der Waals surface area contributed by atoms with E-state index in [4.69, 9.17) is 4.74 Å². The van der Waals surface area contributed by atoms with Crippen molar-refractivity contribution < 1.29 is 14.6 Å². The summed E-state index contributed by atoms with van der Waals surface area (Å²) in [6, 6.07) is 5.00. The fourth-order valence-corrected chi connectivity index (χ4v) is 2.97. The van der Waals surface area contributed by atoms with E-state index in [1.54, 1.807) is 23.1 Å². The fraction of sp³-hybridized carbons (Fsp3) is 0.500. The minimum Gasteiger partial charge on any atom is -0.504 e. The van der Waals surface area contributed by atoms with Crippen LogP contribution in [0.15, 0.2) is 18.2 Å². The topological polar surface area (TPSA) is 49.8 Å². The number of halogens is 1. The molecule has 0 bridgehead atoms. The Morgan fingerprint density at radius 3 is 2.74 bits per heavy atom. The van der Waals surface area contributed by atoms with Gasteiger partial charge in [-0.15, -0.1) is 0 Å². The Kier molecular flexibility index (Phi) is 4.69. The summed E-state index contributed by atoms with van der Waals surface area (Å²) in [7, 11) is 1.48. The molecule has 0 unspecified atom stereocenters. The molecule has 2 rings (SSSR count). The minimum atomic E-state index is -0.121. The number of nitrogens with zero attached hydrogens (tertiary/aromatic N) is 1. The van der Waals surface area contributed by atoms with E-state index in [1.807, 2.05) is 0 Å². The lowest BCUT2D eigenvalue weighted by Crippen LogP contribution is -2.38. The number of carbonyl (C=O) groups excluding carboxylic acids is 1. The van der Waals surface area contributed by atoms with Crippen LogP contribution in [-0.4, -0.2) is 41.4 Å². The number of aromatic hydroxyl groups is 1. The SMILES string of the molecule is COc1cccc(C(=O)N2CCC(CBr)CC2)c1O. The highest BCUT2D eigenvalue weighted by Gasteiger charge is 2.25. The quantitative estimate of drug-likeness (QED) is 0.868. The molecule has 0 saturated carbocycles. The summed E-state index contributed by atoms with van der Waals surface area (Å²) in [5.41, 5.74) is 0.316. The molecule has 0 spiro atoms. The van der Waals surface area contributed by atoms with Crippen LogP contribution in [0.1, 0.15) is 23.2 Å². The van der Waals surface area contributed by atoms with Gasteiger partial charge in [-0.25, -0.2) is 0 Å². The first-order valence-corrected chi connectivity index (χ1v) is 7.50. The van der Waals surface area contributed by atoms with Crippen LogP contribution in [0.25, 0.3) is 0 Å². The average molecular weight is 328 g/mol. The van der Waals surface area contributed by atoms with Gasteiger partial charge in [0, 0.05) is 18.4 Å². The van der Waals surface area contributed by atoms with E-state index in [9.17, 15) is 9.90 Å². The lowest BCUT2D eigenvalue weighted by molar-refractivity contribution is 0.0695. The van der Waals surface area contributed by atoms with E-state index in [1.165, 1.54) is 7.11 Å². The van der Waals surface area contributed by atoms with Crippen molar-refractivity contribution in [3.8, 4) is 11.5 Å². The second-order valence-corrected chi connectivity index (χ2v) is 5.39. The molecule has 0 aliphatic carbocycles. The maximum absolute atomic E-state index is 12.4. The highest BCUT2D eigenvalue weighted by Crippen LogP contribution is 2.31. The van der Waals surface area contributed by atoms with Crippen LogP contribution in [0.5, 0.6) is 11.5 Å². The first-order valence-electron chi connectivity index (χ1n) is 6.38. The molecule has 1 aliphatic rings. The maximum Gasteiger partial charge on any atom is 0.257 e. The fourth-order valence-electron chi connectivity index (χ4n) is 2.32. The van der Waals surface area contributed by atoms with Crippen molar-refractivity contribution in [2.45, 2.75) is 12.8 Å². The van der Waals surface area contributed by atoms with Crippen molar-refractivity contribution in [3.63, 3.8) is 0 Å². The lowest BCUT2D eigenvalue weighted by Gasteiger charge is -2.31. The number of hydrogen-bond acceptors (Lipinski definition) is 3. The number of benzene rings is 1. The van der Waals surface area contributed by atoms with Crippen LogP contribution in [0.3, 0.4) is 0 Å². The van der Waals surface area contributed by atoms with Gasteiger partial charge in [-0.2, -0.15) is 0 Å². The lowest BCUT2D eigenvalue weighted by atomic mass is 9.98. The third-order valence-corrected chi connectivity index (χ3v) is 4.48. The summed E-state index contributed by atoms with van der Waals surface area (Å²) in [4.78, 5) is 14.2. The Hall–Kier alpha value is -1.23. The van der Waals surface area contributed by atoms with Crippen LogP contribution < -0.4 is 4.74 Å². The van der Waals surface area contributed by atoms with Crippen molar-refractivity contribution in [3.05, 3.63) is 23.8 Å². The minimum absolute atomic E-state index is 0.0717. The summed E-state index contributed by atoms with van der Waals surface area (Å²) >= 11 is 3.48. The second kappa shape index (κ2) is 6.28. The molecule has 0 atom stereocenters. The first-order chi connectivity index (χ1) is 9.17. The molecule has 1 heterocycles. The van der Waals surface area contributed by atoms with Gasteiger partial charge in [0.15, 0.2) is 11.5 Å². The predicted molar refractivity (Wildman–Crippen MR) is 77.1 cm³/mol. The van der Waals surface area contributed by atoms with E-state index >= 15 is 0 Å². The van der Waals surface area contributed by atoms with Crippen molar-refractivity contribution >= 4 is 21.8 Å². The van der Waals surface area contributed by atoms with Crippen molar-refractivity contribution in [2.75, 3.05) is 25.5 Å². The smallest absolute Gasteiger partial charge is 0.257 e. The molecule has 1 amide bonds. The van der Waals surface area contributed by atoms with Gasteiger partial charge in [-0.05, 0) is 30.9 Å². The van der Waals surface area contributed by atoms with Crippen LogP contribution in [0, 0.1) is 5.92 Å². The van der Waals surface area contributed by atoms with Crippen LogP contribution in [0.2, 0.25) is 0 Å². The summed E-state index contributed by atoms with van der Waals surface area (Å²) in [5, 5.41) is 11.0. The Bertz CT molecular complexity index is 456. The van der Waals surface area contributed by atoms with Crippen LogP contribution in [-0.2, 0) is 0 Å². The molecule has 0 aromatic heterocycles. The normalized spacial score (nSPS) is 16.4. The molecule has 1 fully saturated rings. The summed E-state index contributed by atoms with van der Waals surface area (Å²) in [6.45, 7) is 1.48. The Balaban J connectivity index is 2.12. The molecular formula is C14H18BrNO3. The summed E-state index contributed by atoms with van der Waals surface area (Å²) in [6.07, 6.45) is 2.00. The van der Waals surface area contributed by atoms with Gasteiger partial charge in [0.05, 0.1) is 12.7 Å². The second-order valence-electron chi connectivity index (χ2n) is 4.75. The highest BCUT2D eigenvalue weighted by atomic mass is 79.9. The number of para-hydroxylation sites is 1. The monoisotopic (exact) mass is 327 g/mol. The number of methoxy groups -OCH3 is 1. The van der Waals surface area contributed by atoms with E-state index in [2.05, 4.69) is 15.9 Å². The number of carbonyl (C=O) groups is 1. The van der Waals surface area contributed by atoms with Gasteiger partial charge in [-0.1, -0.05) is 22.0 Å². The zero-order chi connectivity index (χ0) is 13.8. The zero-order valence-electron chi connectivity index (χ0n) is 10.9. The molecule has 4 nitrogen and oxygen atoms in total. The van der Waals surface area contributed by atoms with E-state index < -0.39 is 0 Å². The van der Waals surface area contributed by atoms with Crippen LogP contribution in [0.4, 0.5) is 0 Å². The van der Waals surface area contributed by atoms with E-state index in [0.717, 1.165) is 31.3 Å². The molecule has 0 radical (unpaired) electrons. The van der Waals surface area contributed by atoms with E-state index in [-0.39, 0.29) is 11.7 Å². The number of amides is 1. The van der Waals surface area contributed by atoms with Gasteiger partial charge in [0.2, 0.25) is 0 Å². The molecule has 1 aliphatic heterocycles. The molecule has 1 N–H and O–H groups in total. The highest BCUT2D eigenvalue weighted by molar-refractivity contribution is 9.09. The molecule has 104 valence electrons. The Morgan fingerprint density at radius 2 is 2.16 bits per heavy atom. The van der Waals surface area contributed by atoms with Crippen LogP contribution >= 0.6 is 15.9 Å². The maximum atomic E-state index is 12.4. The third-order valence-electron chi connectivity index (χ3n) is 3.57. The predicted octanol–water partition coefficient (Wildman–Crippen LogP) is 2.65. The average Bonchev–Trinajstić information content (AvgIpc) is 2.47. The zero-order valence-corrected chi connectivity index (χ0v) is 12.5. The van der Waals surface area contributed by atoms with Gasteiger partial charge < -0.3 is 14.7 Å². The number of ether oxygens (including phenoxy) is 1. The third kappa shape index (κ3) is 3.03. The number of phenols is 1. The van der Waals surface area contributed by atoms with Gasteiger partial charge in [0.1, 0.15) is 0 Å².